The van der Waals surface area contributed by atoms with Gasteiger partial charge in [0.1, 0.15) is 0 Å². The molecule has 1 atom stereocenters. The second-order valence-electron chi connectivity index (χ2n) is 1.34. The molecule has 0 fully saturated rings. The summed E-state index contributed by atoms with van der Waals surface area (Å²) < 4.78 is 0. The van der Waals surface area contributed by atoms with E-state index in [-0.39, 0.29) is 6.04 Å². The van der Waals surface area contributed by atoms with Gasteiger partial charge in [-0.05, 0) is 6.92 Å². The molecule has 0 aromatic heterocycles. The molecular weight excluding hydrogens is 122 g/mol. The summed E-state index contributed by atoms with van der Waals surface area (Å²) in [5.74, 6) is 2.32. The Hall–Kier alpha value is -0.620. The number of carbonyl (C=O) groups excluding carboxylic acids is 1. The second-order valence-corrected chi connectivity index (χ2v) is 1.74. The van der Waals surface area contributed by atoms with E-state index in [2.05, 4.69) is 23.9 Å². The lowest BCUT2D eigenvalue weighted by Gasteiger charge is -2.00. The normalized spacial score (nSPS) is 11.6. The van der Waals surface area contributed by atoms with E-state index >= 15 is 0 Å². The van der Waals surface area contributed by atoms with Crippen molar-refractivity contribution in [3.8, 4) is 12.3 Å². The van der Waals surface area contributed by atoms with Gasteiger partial charge in [0.25, 0.3) is 5.24 Å². The second kappa shape index (κ2) is 3.39. The molecule has 0 radical (unpaired) electrons. The Morgan fingerprint density at radius 2 is 2.50 bits per heavy atom. The maximum atomic E-state index is 10.1. The largest absolute Gasteiger partial charge is 0.334 e. The van der Waals surface area contributed by atoms with E-state index < -0.39 is 5.24 Å². The predicted molar refractivity (Wildman–Crippen MR) is 35.8 cm³/mol. The van der Waals surface area contributed by atoms with E-state index in [0.29, 0.717) is 0 Å². The summed E-state index contributed by atoms with van der Waals surface area (Å²) >= 11 is 3.45. The van der Waals surface area contributed by atoms with Gasteiger partial charge in [0.15, 0.2) is 0 Å². The monoisotopic (exact) mass is 129 g/mol. The highest BCUT2D eigenvalue weighted by Crippen LogP contribution is 1.80. The number of carbonyl (C=O) groups is 1. The number of amides is 1. The first-order valence-corrected chi connectivity index (χ1v) is 2.57. The van der Waals surface area contributed by atoms with Crippen LogP contribution in [0.1, 0.15) is 6.92 Å². The standard InChI is InChI=1S/C5H7NOS/c1-3-4(2)6-5(7)8/h1,4H,2H3,(H2,6,7,8). The molecule has 0 saturated carbocycles. The van der Waals surface area contributed by atoms with Gasteiger partial charge in [0.05, 0.1) is 6.04 Å². The van der Waals surface area contributed by atoms with Crippen LogP contribution in [0.15, 0.2) is 0 Å². The zero-order chi connectivity index (χ0) is 6.57. The molecule has 8 heavy (non-hydrogen) atoms. The van der Waals surface area contributed by atoms with Gasteiger partial charge in [-0.2, -0.15) is 0 Å². The Balaban J connectivity index is 3.43. The van der Waals surface area contributed by atoms with Crippen LogP contribution in [0, 0.1) is 12.3 Å². The van der Waals surface area contributed by atoms with Gasteiger partial charge in [-0.3, -0.25) is 4.79 Å². The molecule has 0 aliphatic rings. The third-order valence-electron chi connectivity index (χ3n) is 0.590. The van der Waals surface area contributed by atoms with Crippen LogP contribution in [-0.2, 0) is 0 Å². The summed E-state index contributed by atoms with van der Waals surface area (Å²) in [6.45, 7) is 1.70. The molecule has 0 heterocycles. The van der Waals surface area contributed by atoms with Crippen molar-refractivity contribution in [2.45, 2.75) is 13.0 Å². The zero-order valence-electron chi connectivity index (χ0n) is 4.51. The van der Waals surface area contributed by atoms with Gasteiger partial charge in [-0.15, -0.1) is 6.42 Å². The molecule has 1 N–H and O–H groups in total. The predicted octanol–water partition coefficient (Wildman–Crippen LogP) is 0.647. The highest BCUT2D eigenvalue weighted by Gasteiger charge is 1.95. The molecule has 0 aliphatic carbocycles. The Morgan fingerprint density at radius 1 is 2.00 bits per heavy atom. The van der Waals surface area contributed by atoms with Gasteiger partial charge in [0.2, 0.25) is 0 Å². The summed E-state index contributed by atoms with van der Waals surface area (Å²) in [5.41, 5.74) is 0. The number of hydrogen-bond acceptors (Lipinski definition) is 1. The van der Waals surface area contributed by atoms with E-state index in [1.54, 1.807) is 6.92 Å². The van der Waals surface area contributed by atoms with Crippen molar-refractivity contribution in [3.05, 3.63) is 0 Å². The van der Waals surface area contributed by atoms with Crippen molar-refractivity contribution in [2.75, 3.05) is 0 Å². The Bertz CT molecular complexity index is 127. The molecule has 2 nitrogen and oxygen atoms in total. The number of rotatable bonds is 1. The minimum absolute atomic E-state index is 0.222. The molecule has 1 amide bonds. The first-order valence-electron chi connectivity index (χ1n) is 2.12. The molecule has 0 aromatic carbocycles. The van der Waals surface area contributed by atoms with E-state index in [4.69, 9.17) is 6.42 Å². The molecule has 3 heteroatoms. The smallest absolute Gasteiger partial charge is 0.276 e. The molecule has 0 rings (SSSR count). The summed E-state index contributed by atoms with van der Waals surface area (Å²) in [7, 11) is 0. The van der Waals surface area contributed by atoms with E-state index in [9.17, 15) is 4.79 Å². The number of nitrogens with one attached hydrogen (secondary N) is 1. The van der Waals surface area contributed by atoms with Crippen LogP contribution in [0.4, 0.5) is 4.79 Å². The average Bonchev–Trinajstić information content (AvgIpc) is 1.65. The number of thiol groups is 1. The molecule has 44 valence electrons. The lowest BCUT2D eigenvalue weighted by Crippen LogP contribution is -2.26. The highest BCUT2D eigenvalue weighted by molar-refractivity contribution is 7.96. The van der Waals surface area contributed by atoms with Crippen molar-refractivity contribution in [2.24, 2.45) is 0 Å². The van der Waals surface area contributed by atoms with Crippen LogP contribution >= 0.6 is 12.6 Å². The van der Waals surface area contributed by atoms with E-state index in [0.717, 1.165) is 0 Å². The van der Waals surface area contributed by atoms with Gasteiger partial charge in [-0.25, -0.2) is 0 Å². The molecule has 0 aromatic rings. The SMILES string of the molecule is C#CC(C)NC(=O)S. The van der Waals surface area contributed by atoms with Crippen LogP contribution < -0.4 is 5.32 Å². The van der Waals surface area contributed by atoms with Crippen LogP contribution in [0.2, 0.25) is 0 Å². The van der Waals surface area contributed by atoms with Crippen molar-refractivity contribution in [1.29, 1.82) is 0 Å². The van der Waals surface area contributed by atoms with Gasteiger partial charge in [-0.1, -0.05) is 18.5 Å². The van der Waals surface area contributed by atoms with Crippen molar-refractivity contribution >= 4 is 17.9 Å². The highest BCUT2D eigenvalue weighted by atomic mass is 32.1. The average molecular weight is 129 g/mol. The zero-order valence-corrected chi connectivity index (χ0v) is 5.40. The molecular formula is C5H7NOS. The molecule has 1 unspecified atom stereocenters. The van der Waals surface area contributed by atoms with E-state index in [1.165, 1.54) is 0 Å². The molecule has 0 bridgehead atoms. The van der Waals surface area contributed by atoms with E-state index in [1.807, 2.05) is 0 Å². The third kappa shape index (κ3) is 3.57. The first kappa shape index (κ1) is 7.38. The summed E-state index contributed by atoms with van der Waals surface area (Å²) in [5, 5.41) is 1.99. The quantitative estimate of drug-likeness (QED) is 0.395. The lowest BCUT2D eigenvalue weighted by molar-refractivity contribution is 0.260. The Kier molecular flexibility index (Phi) is 3.13. The maximum absolute atomic E-state index is 10.1. The lowest BCUT2D eigenvalue weighted by atomic mass is 10.4. The summed E-state index contributed by atoms with van der Waals surface area (Å²) in [6, 6.07) is -0.222. The molecule has 0 saturated heterocycles. The minimum atomic E-state index is -0.393. The third-order valence-corrected chi connectivity index (χ3v) is 0.719. The van der Waals surface area contributed by atoms with Crippen molar-refractivity contribution in [3.63, 3.8) is 0 Å². The number of hydrogen-bond donors (Lipinski definition) is 2. The first-order chi connectivity index (χ1) is 3.66. The van der Waals surface area contributed by atoms with Gasteiger partial charge in [0, 0.05) is 0 Å². The minimum Gasteiger partial charge on any atom is -0.334 e. The fraction of sp³-hybridized carbons (Fsp3) is 0.400. The summed E-state index contributed by atoms with van der Waals surface area (Å²) in [4.78, 5) is 10.1. The maximum Gasteiger partial charge on any atom is 0.276 e. The van der Waals surface area contributed by atoms with Crippen LogP contribution in [0.3, 0.4) is 0 Å². The van der Waals surface area contributed by atoms with Crippen molar-refractivity contribution < 1.29 is 4.79 Å². The van der Waals surface area contributed by atoms with Crippen LogP contribution in [-0.4, -0.2) is 11.3 Å². The molecule has 0 spiro atoms. The van der Waals surface area contributed by atoms with Crippen molar-refractivity contribution in [1.82, 2.24) is 5.32 Å². The molecule has 0 aliphatic heterocycles. The Morgan fingerprint density at radius 3 is 2.62 bits per heavy atom. The summed E-state index contributed by atoms with van der Waals surface area (Å²) in [6.07, 6.45) is 4.92. The fourth-order valence-corrected chi connectivity index (χ4v) is 0.421. The van der Waals surface area contributed by atoms with Crippen LogP contribution in [0.25, 0.3) is 0 Å². The Labute approximate surface area is 54.1 Å². The van der Waals surface area contributed by atoms with Crippen LogP contribution in [0.5, 0.6) is 0 Å². The fourth-order valence-electron chi connectivity index (χ4n) is 0.227. The van der Waals surface area contributed by atoms with Gasteiger partial charge >= 0.3 is 0 Å². The van der Waals surface area contributed by atoms with Gasteiger partial charge < -0.3 is 5.32 Å². The number of terminal acetylenes is 1. The topological polar surface area (TPSA) is 29.1 Å².